The molecule has 0 aliphatic rings. The van der Waals surface area contributed by atoms with Crippen LogP contribution in [0, 0.1) is 0 Å². The summed E-state index contributed by atoms with van der Waals surface area (Å²) in [4.78, 5) is 11.4. The molecule has 0 radical (unpaired) electrons. The highest BCUT2D eigenvalue weighted by Crippen LogP contribution is 2.17. The summed E-state index contributed by atoms with van der Waals surface area (Å²) >= 11 is 3.47. The highest BCUT2D eigenvalue weighted by Gasteiger charge is 2.03. The Hall–Kier alpha value is -0.580. The van der Waals surface area contributed by atoms with E-state index in [-0.39, 0.29) is 18.3 Å². The SMILES string of the molecule is CNCCNC(=O)CCc1ccccc1Br.Cl. The third-order valence-corrected chi connectivity index (χ3v) is 3.05. The van der Waals surface area contributed by atoms with Crippen molar-refractivity contribution in [1.29, 1.82) is 0 Å². The number of likely N-dealkylation sites (N-methyl/N-ethyl adjacent to an activating group) is 1. The van der Waals surface area contributed by atoms with E-state index in [9.17, 15) is 4.79 Å². The van der Waals surface area contributed by atoms with Gasteiger partial charge in [0.2, 0.25) is 5.91 Å². The number of amides is 1. The molecule has 1 rings (SSSR count). The lowest BCUT2D eigenvalue weighted by molar-refractivity contribution is -0.121. The van der Waals surface area contributed by atoms with Gasteiger partial charge < -0.3 is 10.6 Å². The van der Waals surface area contributed by atoms with Crippen LogP contribution in [0.25, 0.3) is 0 Å². The van der Waals surface area contributed by atoms with Crippen molar-refractivity contribution in [3.63, 3.8) is 0 Å². The van der Waals surface area contributed by atoms with Crippen molar-refractivity contribution < 1.29 is 4.79 Å². The standard InChI is InChI=1S/C12H17BrN2O.ClH/c1-14-8-9-15-12(16)7-6-10-4-2-3-5-11(10)13;/h2-5,14H,6-9H2,1H3,(H,15,16);1H. The number of rotatable bonds is 6. The van der Waals surface area contributed by atoms with Crippen LogP contribution < -0.4 is 10.6 Å². The maximum atomic E-state index is 11.4. The van der Waals surface area contributed by atoms with E-state index in [1.807, 2.05) is 31.3 Å². The van der Waals surface area contributed by atoms with Crippen molar-refractivity contribution in [3.8, 4) is 0 Å². The first kappa shape index (κ1) is 16.4. The van der Waals surface area contributed by atoms with Gasteiger partial charge in [0.15, 0.2) is 0 Å². The molecule has 5 heteroatoms. The zero-order valence-electron chi connectivity index (χ0n) is 9.83. The zero-order chi connectivity index (χ0) is 11.8. The number of benzene rings is 1. The number of hydrogen-bond acceptors (Lipinski definition) is 2. The maximum Gasteiger partial charge on any atom is 0.220 e. The fraction of sp³-hybridized carbons (Fsp3) is 0.417. The van der Waals surface area contributed by atoms with Gasteiger partial charge >= 0.3 is 0 Å². The van der Waals surface area contributed by atoms with E-state index in [1.165, 1.54) is 5.56 Å². The van der Waals surface area contributed by atoms with E-state index in [0.717, 1.165) is 17.4 Å². The Kier molecular flexibility index (Phi) is 9.13. The summed E-state index contributed by atoms with van der Waals surface area (Å²) in [6.45, 7) is 1.49. The van der Waals surface area contributed by atoms with Crippen LogP contribution >= 0.6 is 28.3 Å². The molecular weight excluding hydrogens is 304 g/mol. The van der Waals surface area contributed by atoms with Crippen LogP contribution in [-0.2, 0) is 11.2 Å². The van der Waals surface area contributed by atoms with Crippen LogP contribution in [0.3, 0.4) is 0 Å². The molecule has 3 nitrogen and oxygen atoms in total. The molecule has 1 aromatic rings. The van der Waals surface area contributed by atoms with E-state index >= 15 is 0 Å². The lowest BCUT2D eigenvalue weighted by Crippen LogP contribution is -2.30. The van der Waals surface area contributed by atoms with Crippen molar-refractivity contribution in [3.05, 3.63) is 34.3 Å². The molecule has 0 saturated carbocycles. The van der Waals surface area contributed by atoms with E-state index < -0.39 is 0 Å². The number of hydrogen-bond donors (Lipinski definition) is 2. The van der Waals surface area contributed by atoms with Crippen LogP contribution in [0.1, 0.15) is 12.0 Å². The molecule has 0 fully saturated rings. The van der Waals surface area contributed by atoms with Crippen molar-refractivity contribution in [2.45, 2.75) is 12.8 Å². The van der Waals surface area contributed by atoms with Crippen LogP contribution in [0.15, 0.2) is 28.7 Å². The van der Waals surface area contributed by atoms with Gasteiger partial charge in [0.25, 0.3) is 0 Å². The number of halogens is 2. The zero-order valence-corrected chi connectivity index (χ0v) is 12.2. The van der Waals surface area contributed by atoms with Crippen LogP contribution in [0.2, 0.25) is 0 Å². The topological polar surface area (TPSA) is 41.1 Å². The van der Waals surface area contributed by atoms with Crippen molar-refractivity contribution >= 4 is 34.2 Å². The lowest BCUT2D eigenvalue weighted by Gasteiger charge is -2.05. The number of aryl methyl sites for hydroxylation is 1. The fourth-order valence-electron chi connectivity index (χ4n) is 1.36. The average Bonchev–Trinajstić information content (AvgIpc) is 2.28. The quantitative estimate of drug-likeness (QED) is 0.788. The summed E-state index contributed by atoms with van der Waals surface area (Å²) in [5.41, 5.74) is 1.17. The minimum atomic E-state index is 0. The third-order valence-electron chi connectivity index (χ3n) is 2.28. The number of carbonyl (C=O) groups excluding carboxylic acids is 1. The summed E-state index contributed by atoms with van der Waals surface area (Å²) in [7, 11) is 1.87. The van der Waals surface area contributed by atoms with Gasteiger partial charge in [-0.1, -0.05) is 34.1 Å². The van der Waals surface area contributed by atoms with Crippen LogP contribution in [0.5, 0.6) is 0 Å². The molecule has 2 N–H and O–H groups in total. The van der Waals surface area contributed by atoms with Crippen molar-refractivity contribution in [1.82, 2.24) is 10.6 Å². The Morgan fingerprint density at radius 2 is 2.00 bits per heavy atom. The average molecular weight is 322 g/mol. The molecular formula is C12H18BrClN2O. The van der Waals surface area contributed by atoms with E-state index in [2.05, 4.69) is 26.6 Å². The van der Waals surface area contributed by atoms with Gasteiger partial charge in [-0.3, -0.25) is 4.79 Å². The minimum Gasteiger partial charge on any atom is -0.355 e. The molecule has 0 bridgehead atoms. The normalized spacial score (nSPS) is 9.53. The summed E-state index contributed by atoms with van der Waals surface area (Å²) < 4.78 is 1.07. The summed E-state index contributed by atoms with van der Waals surface area (Å²) in [6.07, 6.45) is 1.30. The van der Waals surface area contributed by atoms with Crippen LogP contribution in [0.4, 0.5) is 0 Å². The molecule has 0 unspecified atom stereocenters. The summed E-state index contributed by atoms with van der Waals surface area (Å²) in [5, 5.41) is 5.84. The largest absolute Gasteiger partial charge is 0.355 e. The summed E-state index contributed by atoms with van der Waals surface area (Å²) in [5.74, 6) is 0.103. The first-order valence-corrected chi connectivity index (χ1v) is 6.18. The second-order valence-electron chi connectivity index (χ2n) is 3.54. The minimum absolute atomic E-state index is 0. The monoisotopic (exact) mass is 320 g/mol. The Balaban J connectivity index is 0.00000256. The fourth-order valence-corrected chi connectivity index (χ4v) is 1.85. The molecule has 0 aliphatic heterocycles. The first-order chi connectivity index (χ1) is 7.74. The molecule has 0 atom stereocenters. The van der Waals surface area contributed by atoms with E-state index in [1.54, 1.807) is 0 Å². The first-order valence-electron chi connectivity index (χ1n) is 5.38. The van der Waals surface area contributed by atoms with Gasteiger partial charge in [0.1, 0.15) is 0 Å². The highest BCUT2D eigenvalue weighted by atomic mass is 79.9. The van der Waals surface area contributed by atoms with Gasteiger partial charge in [-0.2, -0.15) is 0 Å². The smallest absolute Gasteiger partial charge is 0.220 e. The molecule has 1 aromatic carbocycles. The van der Waals surface area contributed by atoms with Gasteiger partial charge in [0.05, 0.1) is 0 Å². The summed E-state index contributed by atoms with van der Waals surface area (Å²) in [6, 6.07) is 7.98. The molecule has 0 saturated heterocycles. The molecule has 0 spiro atoms. The maximum absolute atomic E-state index is 11.4. The van der Waals surface area contributed by atoms with Gasteiger partial charge in [-0.25, -0.2) is 0 Å². The Bertz CT molecular complexity index is 347. The van der Waals surface area contributed by atoms with Gasteiger partial charge in [-0.05, 0) is 25.1 Å². The van der Waals surface area contributed by atoms with Gasteiger partial charge in [0, 0.05) is 24.0 Å². The van der Waals surface area contributed by atoms with Gasteiger partial charge in [-0.15, -0.1) is 12.4 Å². The number of carbonyl (C=O) groups is 1. The molecule has 96 valence electrons. The van der Waals surface area contributed by atoms with E-state index in [0.29, 0.717) is 13.0 Å². The molecule has 0 aliphatic carbocycles. The van der Waals surface area contributed by atoms with Crippen molar-refractivity contribution in [2.24, 2.45) is 0 Å². The van der Waals surface area contributed by atoms with Crippen molar-refractivity contribution in [2.75, 3.05) is 20.1 Å². The highest BCUT2D eigenvalue weighted by molar-refractivity contribution is 9.10. The number of nitrogens with one attached hydrogen (secondary N) is 2. The predicted octanol–water partition coefficient (Wildman–Crippen LogP) is 2.14. The molecule has 1 amide bonds. The molecule has 17 heavy (non-hydrogen) atoms. The second-order valence-corrected chi connectivity index (χ2v) is 4.40. The van der Waals surface area contributed by atoms with Crippen LogP contribution in [-0.4, -0.2) is 26.0 Å². The second kappa shape index (κ2) is 9.45. The molecule has 0 aromatic heterocycles. The van der Waals surface area contributed by atoms with E-state index in [4.69, 9.17) is 0 Å². The predicted molar refractivity (Wildman–Crippen MR) is 76.6 cm³/mol. The lowest BCUT2D eigenvalue weighted by atomic mass is 10.1. The Morgan fingerprint density at radius 1 is 1.29 bits per heavy atom. The third kappa shape index (κ3) is 6.66. The molecule has 0 heterocycles. The Morgan fingerprint density at radius 3 is 2.65 bits per heavy atom. The Labute approximate surface area is 117 Å².